The molecule has 0 bridgehead atoms. The molecule has 0 atom stereocenters. The maximum atomic E-state index is 14.0. The monoisotopic (exact) mass is 416 g/mol. The first-order valence-electron chi connectivity index (χ1n) is 8.64. The van der Waals surface area contributed by atoms with Crippen molar-refractivity contribution >= 4 is 32.2 Å². The van der Waals surface area contributed by atoms with Gasteiger partial charge in [0.05, 0.1) is 21.4 Å². The lowest BCUT2D eigenvalue weighted by Gasteiger charge is -2.12. The van der Waals surface area contributed by atoms with E-state index in [-0.39, 0.29) is 5.82 Å². The smallest absolute Gasteiger partial charge is 0.123 e. The van der Waals surface area contributed by atoms with Crippen LogP contribution in [0.1, 0.15) is 0 Å². The van der Waals surface area contributed by atoms with Crippen LogP contribution in [-0.4, -0.2) is 9.61 Å². The third kappa shape index (κ3) is 2.64. The minimum Gasteiger partial charge on any atom is -0.231 e. The second kappa shape index (κ2) is 6.32. The van der Waals surface area contributed by atoms with Crippen LogP contribution in [0, 0.1) is 5.82 Å². The molecule has 0 radical (unpaired) electrons. The molecule has 0 fully saturated rings. The van der Waals surface area contributed by atoms with Crippen molar-refractivity contribution in [3.05, 3.63) is 95.2 Å². The van der Waals surface area contributed by atoms with Gasteiger partial charge in [0.2, 0.25) is 0 Å². The maximum Gasteiger partial charge on any atom is 0.123 e. The second-order valence-corrected chi connectivity index (χ2v) is 7.20. The van der Waals surface area contributed by atoms with Gasteiger partial charge in [-0.25, -0.2) is 8.91 Å². The SMILES string of the molecule is Fc1ccc2c(Br)c(-c3ccccc3)n3nc(-c4ccccc4)cc3c2c1. The number of hydrogen-bond donors (Lipinski definition) is 0. The van der Waals surface area contributed by atoms with Crippen LogP contribution in [0.3, 0.4) is 0 Å². The van der Waals surface area contributed by atoms with Crippen molar-refractivity contribution in [2.75, 3.05) is 0 Å². The van der Waals surface area contributed by atoms with E-state index in [1.54, 1.807) is 6.07 Å². The van der Waals surface area contributed by atoms with Crippen molar-refractivity contribution in [2.24, 2.45) is 0 Å². The molecule has 0 aliphatic heterocycles. The van der Waals surface area contributed by atoms with Crippen LogP contribution in [0.2, 0.25) is 0 Å². The number of pyridine rings is 1. The Kier molecular flexibility index (Phi) is 3.80. The van der Waals surface area contributed by atoms with Gasteiger partial charge in [-0.05, 0) is 34.1 Å². The zero-order chi connectivity index (χ0) is 18.4. The summed E-state index contributed by atoms with van der Waals surface area (Å²) in [7, 11) is 0. The first-order chi connectivity index (χ1) is 13.2. The van der Waals surface area contributed by atoms with E-state index >= 15 is 0 Å². The summed E-state index contributed by atoms with van der Waals surface area (Å²) in [4.78, 5) is 0. The molecule has 0 N–H and O–H groups in total. The molecule has 0 aliphatic carbocycles. The van der Waals surface area contributed by atoms with E-state index in [0.29, 0.717) is 0 Å². The molecular formula is C23H14BrFN2. The van der Waals surface area contributed by atoms with Gasteiger partial charge in [0.25, 0.3) is 0 Å². The topological polar surface area (TPSA) is 17.3 Å². The molecule has 5 rings (SSSR count). The van der Waals surface area contributed by atoms with Crippen LogP contribution in [-0.2, 0) is 0 Å². The lowest BCUT2D eigenvalue weighted by Crippen LogP contribution is -1.97. The van der Waals surface area contributed by atoms with E-state index in [0.717, 1.165) is 43.3 Å². The number of fused-ring (bicyclic) bond motifs is 3. The van der Waals surface area contributed by atoms with Gasteiger partial charge in [-0.15, -0.1) is 0 Å². The third-order valence-electron chi connectivity index (χ3n) is 4.74. The molecule has 2 heterocycles. The van der Waals surface area contributed by atoms with Crippen LogP contribution in [0.4, 0.5) is 4.39 Å². The Hall–Kier alpha value is -2.98. The summed E-state index contributed by atoms with van der Waals surface area (Å²) >= 11 is 3.75. The van der Waals surface area contributed by atoms with Crippen molar-refractivity contribution in [1.29, 1.82) is 0 Å². The molecule has 5 aromatic rings. The standard InChI is InChI=1S/C23H14BrFN2/c24-22-18-12-11-17(25)13-19(18)21-14-20(15-7-3-1-4-8-15)26-27(21)23(22)16-9-5-2-6-10-16/h1-14H. The highest BCUT2D eigenvalue weighted by molar-refractivity contribution is 9.10. The molecule has 27 heavy (non-hydrogen) atoms. The Bertz CT molecular complexity index is 1280. The van der Waals surface area contributed by atoms with Gasteiger partial charge in [-0.3, -0.25) is 0 Å². The Labute approximate surface area is 164 Å². The van der Waals surface area contributed by atoms with Crippen molar-refractivity contribution in [2.45, 2.75) is 0 Å². The minimum atomic E-state index is -0.258. The Balaban J connectivity index is 1.94. The van der Waals surface area contributed by atoms with E-state index in [2.05, 4.69) is 28.1 Å². The molecule has 2 nitrogen and oxygen atoms in total. The van der Waals surface area contributed by atoms with Gasteiger partial charge in [0.1, 0.15) is 5.82 Å². The maximum absolute atomic E-state index is 14.0. The lowest BCUT2D eigenvalue weighted by molar-refractivity contribution is 0.630. The first-order valence-corrected chi connectivity index (χ1v) is 9.43. The number of rotatable bonds is 2. The highest BCUT2D eigenvalue weighted by Crippen LogP contribution is 2.38. The van der Waals surface area contributed by atoms with Crippen LogP contribution in [0.5, 0.6) is 0 Å². The Morgan fingerprint density at radius 1 is 0.741 bits per heavy atom. The number of halogens is 2. The number of hydrogen-bond acceptors (Lipinski definition) is 1. The van der Waals surface area contributed by atoms with E-state index < -0.39 is 0 Å². The average Bonchev–Trinajstić information content (AvgIpc) is 3.15. The highest BCUT2D eigenvalue weighted by Gasteiger charge is 2.17. The Morgan fingerprint density at radius 2 is 1.41 bits per heavy atom. The van der Waals surface area contributed by atoms with Gasteiger partial charge in [0.15, 0.2) is 0 Å². The van der Waals surface area contributed by atoms with E-state index in [4.69, 9.17) is 5.10 Å². The summed E-state index contributed by atoms with van der Waals surface area (Å²) in [6.07, 6.45) is 0. The molecule has 0 saturated carbocycles. The molecule has 0 unspecified atom stereocenters. The van der Waals surface area contributed by atoms with Crippen LogP contribution >= 0.6 is 15.9 Å². The summed E-state index contributed by atoms with van der Waals surface area (Å²) in [6.45, 7) is 0. The molecular weight excluding hydrogens is 403 g/mol. The molecule has 0 aliphatic rings. The molecule has 3 aromatic carbocycles. The molecule has 4 heteroatoms. The van der Waals surface area contributed by atoms with Gasteiger partial charge < -0.3 is 0 Å². The largest absolute Gasteiger partial charge is 0.231 e. The van der Waals surface area contributed by atoms with Gasteiger partial charge in [-0.2, -0.15) is 5.10 Å². The predicted octanol–water partition coefficient (Wildman–Crippen LogP) is 6.72. The van der Waals surface area contributed by atoms with Crippen molar-refractivity contribution < 1.29 is 4.39 Å². The lowest BCUT2D eigenvalue weighted by atomic mass is 10.1. The fourth-order valence-corrected chi connectivity index (χ4v) is 4.22. The van der Waals surface area contributed by atoms with Crippen LogP contribution in [0.25, 0.3) is 38.8 Å². The van der Waals surface area contributed by atoms with Gasteiger partial charge in [-0.1, -0.05) is 66.7 Å². The normalized spacial score (nSPS) is 11.3. The van der Waals surface area contributed by atoms with E-state index in [1.165, 1.54) is 6.07 Å². The number of benzene rings is 3. The summed E-state index contributed by atoms with van der Waals surface area (Å²) in [5, 5.41) is 6.65. The van der Waals surface area contributed by atoms with Crippen molar-refractivity contribution in [1.82, 2.24) is 9.61 Å². The highest BCUT2D eigenvalue weighted by atomic mass is 79.9. The zero-order valence-electron chi connectivity index (χ0n) is 14.2. The van der Waals surface area contributed by atoms with Gasteiger partial charge in [0, 0.05) is 21.9 Å². The van der Waals surface area contributed by atoms with Crippen LogP contribution in [0.15, 0.2) is 89.4 Å². The van der Waals surface area contributed by atoms with Gasteiger partial charge >= 0.3 is 0 Å². The summed E-state index contributed by atoms with van der Waals surface area (Å²) in [5.74, 6) is -0.258. The summed E-state index contributed by atoms with van der Waals surface area (Å²) in [6, 6.07) is 27.0. The fraction of sp³-hybridized carbons (Fsp3) is 0. The first kappa shape index (κ1) is 16.2. The average molecular weight is 417 g/mol. The predicted molar refractivity (Wildman–Crippen MR) is 111 cm³/mol. The fourth-order valence-electron chi connectivity index (χ4n) is 3.48. The Morgan fingerprint density at radius 3 is 2.11 bits per heavy atom. The molecule has 0 amide bonds. The second-order valence-electron chi connectivity index (χ2n) is 6.41. The molecule has 130 valence electrons. The van der Waals surface area contributed by atoms with E-state index in [1.807, 2.05) is 65.2 Å². The molecule has 2 aromatic heterocycles. The number of nitrogens with zero attached hydrogens (tertiary/aromatic N) is 2. The third-order valence-corrected chi connectivity index (χ3v) is 5.54. The number of aromatic nitrogens is 2. The summed E-state index contributed by atoms with van der Waals surface area (Å²) < 4.78 is 16.8. The zero-order valence-corrected chi connectivity index (χ0v) is 15.8. The quantitative estimate of drug-likeness (QED) is 0.312. The molecule has 0 saturated heterocycles. The minimum absolute atomic E-state index is 0.258. The molecule has 0 spiro atoms. The van der Waals surface area contributed by atoms with E-state index in [9.17, 15) is 4.39 Å². The van der Waals surface area contributed by atoms with Crippen molar-refractivity contribution in [3.63, 3.8) is 0 Å². The summed E-state index contributed by atoms with van der Waals surface area (Å²) in [5.41, 5.74) is 4.76. The van der Waals surface area contributed by atoms with Crippen molar-refractivity contribution in [3.8, 4) is 22.5 Å². The van der Waals surface area contributed by atoms with Crippen LogP contribution < -0.4 is 0 Å².